The van der Waals surface area contributed by atoms with Gasteiger partial charge >= 0.3 is 0 Å². The maximum atomic E-state index is 12.4. The third-order valence-corrected chi connectivity index (χ3v) is 6.61. The number of nitrogens with zero attached hydrogens (tertiary/aromatic N) is 1. The molecule has 160 valence electrons. The molecule has 0 fully saturated rings. The number of ether oxygens (including phenoxy) is 1. The molecule has 1 heterocycles. The van der Waals surface area contributed by atoms with E-state index in [9.17, 15) is 14.9 Å². The summed E-state index contributed by atoms with van der Waals surface area (Å²) in [6.45, 7) is 0. The van der Waals surface area contributed by atoms with Crippen molar-refractivity contribution in [1.82, 2.24) is 5.32 Å². The Hall–Kier alpha value is -2.18. The minimum absolute atomic E-state index is 0.0106. The van der Waals surface area contributed by atoms with E-state index in [2.05, 4.69) is 32.6 Å². The highest BCUT2D eigenvalue weighted by molar-refractivity contribution is 9.10. The molecule has 0 saturated heterocycles. The van der Waals surface area contributed by atoms with Gasteiger partial charge in [-0.15, -0.1) is 0 Å². The molecule has 0 saturated carbocycles. The quantitative estimate of drug-likeness (QED) is 0.506. The van der Waals surface area contributed by atoms with E-state index in [-0.39, 0.29) is 24.0 Å². The van der Waals surface area contributed by atoms with Gasteiger partial charge in [-0.05, 0) is 35.9 Å². The van der Waals surface area contributed by atoms with Gasteiger partial charge in [0.25, 0.3) is 0 Å². The van der Waals surface area contributed by atoms with E-state index >= 15 is 0 Å². The molecule has 0 aromatic heterocycles. The number of nitrogens with one attached hydrogen (secondary N) is 2. The number of hydrogen-bond acceptors (Lipinski definition) is 5. The van der Waals surface area contributed by atoms with Gasteiger partial charge in [0.15, 0.2) is 0 Å². The molecule has 1 atom stereocenters. The molecule has 0 unspecified atom stereocenters. The van der Waals surface area contributed by atoms with Crippen LogP contribution in [0.25, 0.3) is 0 Å². The minimum Gasteiger partial charge on any atom is -0.495 e. The van der Waals surface area contributed by atoms with Gasteiger partial charge in [-0.1, -0.05) is 57.0 Å². The molecular weight excluding hydrogens is 525 g/mol. The lowest BCUT2D eigenvalue weighted by Crippen LogP contribution is -2.31. The fourth-order valence-corrected chi connectivity index (χ4v) is 4.90. The summed E-state index contributed by atoms with van der Waals surface area (Å²) in [5.74, 6) is -0.527. The predicted molar refractivity (Wildman–Crippen MR) is 126 cm³/mol. The molecule has 1 aliphatic heterocycles. The highest BCUT2D eigenvalue weighted by Gasteiger charge is 2.30. The molecular formula is C21H16BrCl2N3O3S. The van der Waals surface area contributed by atoms with Crippen LogP contribution >= 0.6 is 50.9 Å². The summed E-state index contributed by atoms with van der Waals surface area (Å²) in [7, 11) is 1.51. The molecule has 10 heteroatoms. The number of anilines is 1. The van der Waals surface area contributed by atoms with Crippen molar-refractivity contribution in [3.63, 3.8) is 0 Å². The number of nitriles is 1. The third-order valence-electron chi connectivity index (χ3n) is 4.49. The van der Waals surface area contributed by atoms with Crippen molar-refractivity contribution < 1.29 is 14.3 Å². The normalized spacial score (nSPS) is 15.8. The lowest BCUT2D eigenvalue weighted by molar-refractivity contribution is -0.121. The number of benzene rings is 2. The fraction of sp³-hybridized carbons (Fsp3) is 0.190. The Morgan fingerprint density at radius 3 is 2.74 bits per heavy atom. The van der Waals surface area contributed by atoms with Crippen LogP contribution < -0.4 is 15.4 Å². The predicted octanol–water partition coefficient (Wildman–Crippen LogP) is 5.48. The van der Waals surface area contributed by atoms with Crippen LogP contribution in [-0.2, 0) is 9.59 Å². The van der Waals surface area contributed by atoms with Crippen molar-refractivity contribution in [2.75, 3.05) is 18.2 Å². The zero-order valence-corrected chi connectivity index (χ0v) is 20.1. The van der Waals surface area contributed by atoms with Gasteiger partial charge < -0.3 is 15.4 Å². The van der Waals surface area contributed by atoms with Crippen molar-refractivity contribution >= 4 is 68.4 Å². The zero-order valence-electron chi connectivity index (χ0n) is 16.2. The maximum Gasteiger partial charge on any atom is 0.234 e. The number of carbonyl (C=O) groups excluding carboxylic acids is 2. The van der Waals surface area contributed by atoms with Gasteiger partial charge in [-0.2, -0.15) is 5.26 Å². The van der Waals surface area contributed by atoms with Crippen molar-refractivity contribution in [3.05, 3.63) is 67.1 Å². The molecule has 2 N–H and O–H groups in total. The fourth-order valence-electron chi connectivity index (χ4n) is 3.03. The highest BCUT2D eigenvalue weighted by atomic mass is 79.9. The first-order chi connectivity index (χ1) is 14.8. The van der Waals surface area contributed by atoms with Crippen molar-refractivity contribution in [2.45, 2.75) is 12.3 Å². The van der Waals surface area contributed by atoms with Crippen LogP contribution in [0.4, 0.5) is 5.69 Å². The first-order valence-electron chi connectivity index (χ1n) is 8.97. The van der Waals surface area contributed by atoms with E-state index in [4.69, 9.17) is 27.9 Å². The molecule has 6 nitrogen and oxygen atoms in total. The first-order valence-corrected chi connectivity index (χ1v) is 11.5. The van der Waals surface area contributed by atoms with Gasteiger partial charge in [0.1, 0.15) is 5.75 Å². The van der Waals surface area contributed by atoms with Gasteiger partial charge in [-0.3, -0.25) is 9.59 Å². The number of amides is 2. The lowest BCUT2D eigenvalue weighted by atomic mass is 9.87. The van der Waals surface area contributed by atoms with Gasteiger partial charge in [-0.25, -0.2) is 0 Å². The second-order valence-corrected chi connectivity index (χ2v) is 9.23. The van der Waals surface area contributed by atoms with Crippen LogP contribution in [0.1, 0.15) is 17.9 Å². The van der Waals surface area contributed by atoms with Crippen LogP contribution in [0.15, 0.2) is 51.5 Å². The van der Waals surface area contributed by atoms with Crippen LogP contribution in [0.5, 0.6) is 5.75 Å². The molecule has 0 radical (unpaired) electrons. The van der Waals surface area contributed by atoms with Crippen molar-refractivity contribution in [3.8, 4) is 11.8 Å². The second kappa shape index (κ2) is 10.4. The van der Waals surface area contributed by atoms with Crippen LogP contribution in [0, 0.1) is 11.3 Å². The number of allylic oxidation sites excluding steroid dienone is 1. The molecule has 0 aliphatic carbocycles. The number of carbonyl (C=O) groups is 2. The molecule has 1 aliphatic rings. The largest absolute Gasteiger partial charge is 0.495 e. The van der Waals surface area contributed by atoms with Gasteiger partial charge in [0.2, 0.25) is 11.8 Å². The Labute approximate surface area is 202 Å². The zero-order chi connectivity index (χ0) is 22.5. The Bertz CT molecular complexity index is 1120. The van der Waals surface area contributed by atoms with E-state index < -0.39 is 5.92 Å². The molecule has 0 bridgehead atoms. The van der Waals surface area contributed by atoms with Crippen molar-refractivity contribution in [1.29, 1.82) is 5.26 Å². The Morgan fingerprint density at radius 2 is 2.10 bits per heavy atom. The molecule has 31 heavy (non-hydrogen) atoms. The number of hydrogen-bond donors (Lipinski definition) is 2. The monoisotopic (exact) mass is 539 g/mol. The summed E-state index contributed by atoms with van der Waals surface area (Å²) >= 11 is 16.7. The molecule has 2 aromatic rings. The third kappa shape index (κ3) is 5.74. The topological polar surface area (TPSA) is 91.2 Å². The Kier molecular flexibility index (Phi) is 7.89. The lowest BCUT2D eigenvalue weighted by Gasteiger charge is -2.25. The van der Waals surface area contributed by atoms with E-state index in [1.807, 2.05) is 0 Å². The van der Waals surface area contributed by atoms with E-state index in [0.29, 0.717) is 32.1 Å². The summed E-state index contributed by atoms with van der Waals surface area (Å²) in [6, 6.07) is 12.4. The van der Waals surface area contributed by atoms with Crippen LogP contribution in [0.3, 0.4) is 0 Å². The Morgan fingerprint density at radius 1 is 1.32 bits per heavy atom. The van der Waals surface area contributed by atoms with Crippen LogP contribution in [-0.4, -0.2) is 24.7 Å². The number of thioether (sulfide) groups is 1. The Balaban J connectivity index is 1.78. The average Bonchev–Trinajstić information content (AvgIpc) is 2.73. The molecule has 0 spiro atoms. The minimum atomic E-state index is -0.464. The summed E-state index contributed by atoms with van der Waals surface area (Å²) in [6.07, 6.45) is 0.107. The first kappa shape index (κ1) is 23.5. The molecule has 2 amide bonds. The standard InChI is InChI=1S/C21H16BrCl2N3O3S/c1-30-18-5-2-11(6-16(18)24)13-8-19(28)27-21(14(13)9-25)31-10-20(29)26-17-4-3-12(22)7-15(17)23/h2-7,13H,8,10H2,1H3,(H,26,29)(H,27,28)/t13-/m1/s1. The van der Waals surface area contributed by atoms with Gasteiger partial charge in [0, 0.05) is 16.8 Å². The van der Waals surface area contributed by atoms with E-state index in [1.54, 1.807) is 36.4 Å². The van der Waals surface area contributed by atoms with E-state index in [1.165, 1.54) is 7.11 Å². The van der Waals surface area contributed by atoms with Crippen molar-refractivity contribution in [2.24, 2.45) is 0 Å². The summed E-state index contributed by atoms with van der Waals surface area (Å²) in [5, 5.41) is 16.3. The van der Waals surface area contributed by atoms with Crippen LogP contribution in [0.2, 0.25) is 10.0 Å². The number of methoxy groups -OCH3 is 1. The smallest absolute Gasteiger partial charge is 0.234 e. The molecule has 2 aromatic carbocycles. The number of rotatable bonds is 6. The van der Waals surface area contributed by atoms with E-state index in [0.717, 1.165) is 21.8 Å². The summed E-state index contributed by atoms with van der Waals surface area (Å²) < 4.78 is 5.96. The summed E-state index contributed by atoms with van der Waals surface area (Å²) in [5.41, 5.74) is 1.57. The second-order valence-electron chi connectivity index (χ2n) is 6.51. The number of halogens is 3. The highest BCUT2D eigenvalue weighted by Crippen LogP contribution is 2.38. The maximum absolute atomic E-state index is 12.4. The molecule has 3 rings (SSSR count). The average molecular weight is 541 g/mol. The van der Waals surface area contributed by atoms with Gasteiger partial charge in [0.05, 0.1) is 45.3 Å². The summed E-state index contributed by atoms with van der Waals surface area (Å²) in [4.78, 5) is 24.7. The SMILES string of the molecule is COc1ccc([C@H]2CC(=O)NC(SCC(=O)Nc3ccc(Br)cc3Cl)=C2C#N)cc1Cl.